The Labute approximate surface area is 160 Å². The van der Waals surface area contributed by atoms with E-state index in [1.165, 1.54) is 12.0 Å². The highest BCUT2D eigenvalue weighted by atomic mass is 35.5. The molecule has 5 nitrogen and oxygen atoms in total. The molecule has 6 heteroatoms. The number of rotatable bonds is 3. The summed E-state index contributed by atoms with van der Waals surface area (Å²) in [6.07, 6.45) is 6.01. The van der Waals surface area contributed by atoms with Crippen molar-refractivity contribution >= 4 is 30.0 Å². The average Bonchev–Trinajstić information content (AvgIpc) is 3.12. The van der Waals surface area contributed by atoms with E-state index < -0.39 is 12.0 Å². The van der Waals surface area contributed by atoms with Gasteiger partial charge in [-0.05, 0) is 50.2 Å². The Balaban J connectivity index is 0.00000196. The second-order valence-corrected chi connectivity index (χ2v) is 7.82. The van der Waals surface area contributed by atoms with Crippen molar-refractivity contribution in [3.05, 3.63) is 29.8 Å². The van der Waals surface area contributed by atoms with Gasteiger partial charge in [0.25, 0.3) is 0 Å². The molecular weight excluding hydrogens is 352 g/mol. The lowest BCUT2D eigenvalue weighted by molar-refractivity contribution is -0.143. The number of benzene rings is 1. The van der Waals surface area contributed by atoms with E-state index in [2.05, 4.69) is 13.0 Å². The fourth-order valence-corrected chi connectivity index (χ4v) is 5.20. The van der Waals surface area contributed by atoms with Gasteiger partial charge in [0.05, 0.1) is 6.54 Å². The second kappa shape index (κ2) is 7.57. The van der Waals surface area contributed by atoms with E-state index in [1.807, 2.05) is 28.0 Å². The third kappa shape index (κ3) is 3.23. The summed E-state index contributed by atoms with van der Waals surface area (Å²) in [5.74, 6) is -0.307. The van der Waals surface area contributed by atoms with E-state index in [-0.39, 0.29) is 36.9 Å². The number of nitrogens with zero attached hydrogens (tertiary/aromatic N) is 2. The number of carboxylic acid groups (broad SMARTS) is 1. The average molecular weight is 379 g/mol. The van der Waals surface area contributed by atoms with Gasteiger partial charge in [0.2, 0.25) is 5.91 Å². The topological polar surface area (TPSA) is 60.9 Å². The lowest BCUT2D eigenvalue weighted by Crippen LogP contribution is -2.49. The van der Waals surface area contributed by atoms with Gasteiger partial charge < -0.3 is 10.0 Å². The van der Waals surface area contributed by atoms with Gasteiger partial charge in [0.15, 0.2) is 0 Å². The molecule has 1 aromatic rings. The zero-order chi connectivity index (χ0) is 17.6. The molecule has 1 N–H and O–H groups in total. The number of para-hydroxylation sites is 1. The van der Waals surface area contributed by atoms with Gasteiger partial charge in [-0.3, -0.25) is 14.5 Å². The fraction of sp³-hybridized carbons (Fsp3) is 0.600. The molecule has 26 heavy (non-hydrogen) atoms. The number of likely N-dealkylation sites (tertiary alicyclic amines) is 1. The molecule has 3 aliphatic rings. The SMILES string of the molecule is CC1Cc2ccccc2N1C(=O)CN1C(C(=O)O)CC2CCCCC21.Cl. The van der Waals surface area contributed by atoms with Crippen molar-refractivity contribution in [1.29, 1.82) is 0 Å². The Bertz CT molecular complexity index is 695. The van der Waals surface area contributed by atoms with Crippen LogP contribution in [0.3, 0.4) is 0 Å². The quantitative estimate of drug-likeness (QED) is 0.877. The van der Waals surface area contributed by atoms with Gasteiger partial charge in [-0.2, -0.15) is 0 Å². The lowest BCUT2D eigenvalue weighted by Gasteiger charge is -2.34. The summed E-state index contributed by atoms with van der Waals surface area (Å²) in [7, 11) is 0. The minimum Gasteiger partial charge on any atom is -0.480 e. The third-order valence-corrected chi connectivity index (χ3v) is 6.30. The monoisotopic (exact) mass is 378 g/mol. The number of anilines is 1. The van der Waals surface area contributed by atoms with E-state index in [9.17, 15) is 14.7 Å². The summed E-state index contributed by atoms with van der Waals surface area (Å²) in [5.41, 5.74) is 2.20. The lowest BCUT2D eigenvalue weighted by atomic mass is 9.85. The van der Waals surface area contributed by atoms with Crippen LogP contribution in [-0.4, -0.2) is 46.6 Å². The maximum Gasteiger partial charge on any atom is 0.320 e. The highest BCUT2D eigenvalue weighted by Gasteiger charge is 2.46. The second-order valence-electron chi connectivity index (χ2n) is 7.82. The molecule has 1 aromatic carbocycles. The number of carbonyl (C=O) groups excluding carboxylic acids is 1. The van der Waals surface area contributed by atoms with Gasteiger partial charge in [-0.15, -0.1) is 12.4 Å². The van der Waals surface area contributed by atoms with Crippen molar-refractivity contribution in [1.82, 2.24) is 4.90 Å². The van der Waals surface area contributed by atoms with E-state index in [4.69, 9.17) is 0 Å². The van der Waals surface area contributed by atoms with Gasteiger partial charge in [-0.1, -0.05) is 31.0 Å². The van der Waals surface area contributed by atoms with Crippen LogP contribution >= 0.6 is 12.4 Å². The molecule has 1 saturated heterocycles. The summed E-state index contributed by atoms with van der Waals surface area (Å²) in [6, 6.07) is 7.93. The zero-order valence-electron chi connectivity index (χ0n) is 15.1. The van der Waals surface area contributed by atoms with Crippen molar-refractivity contribution in [2.75, 3.05) is 11.4 Å². The van der Waals surface area contributed by atoms with Gasteiger partial charge in [0.1, 0.15) is 6.04 Å². The molecule has 0 bridgehead atoms. The van der Waals surface area contributed by atoms with E-state index >= 15 is 0 Å². The van der Waals surface area contributed by atoms with Crippen LogP contribution in [0.15, 0.2) is 24.3 Å². The molecular formula is C20H27ClN2O3. The number of carbonyl (C=O) groups is 2. The smallest absolute Gasteiger partial charge is 0.320 e. The van der Waals surface area contributed by atoms with Crippen molar-refractivity contribution in [3.63, 3.8) is 0 Å². The van der Waals surface area contributed by atoms with Crippen LogP contribution in [0.5, 0.6) is 0 Å². The highest BCUT2D eigenvalue weighted by molar-refractivity contribution is 5.97. The number of amides is 1. The van der Waals surface area contributed by atoms with Gasteiger partial charge in [-0.25, -0.2) is 0 Å². The Morgan fingerprint density at radius 2 is 1.92 bits per heavy atom. The molecule has 1 saturated carbocycles. The number of carboxylic acids is 1. The zero-order valence-corrected chi connectivity index (χ0v) is 16.0. The van der Waals surface area contributed by atoms with Crippen LogP contribution in [0, 0.1) is 5.92 Å². The number of aliphatic carboxylic acids is 1. The Kier molecular flexibility index (Phi) is 5.58. The van der Waals surface area contributed by atoms with Crippen LogP contribution in [0.1, 0.15) is 44.6 Å². The van der Waals surface area contributed by atoms with Crippen molar-refractivity contribution in [2.45, 2.75) is 63.6 Å². The van der Waals surface area contributed by atoms with Crippen LogP contribution in [0.25, 0.3) is 0 Å². The van der Waals surface area contributed by atoms with E-state index in [1.54, 1.807) is 0 Å². The van der Waals surface area contributed by atoms with Gasteiger partial charge in [0, 0.05) is 17.8 Å². The minimum absolute atomic E-state index is 0. The maximum absolute atomic E-state index is 13.1. The van der Waals surface area contributed by atoms with Crippen molar-refractivity contribution in [2.24, 2.45) is 5.92 Å². The normalized spacial score (nSPS) is 30.4. The molecule has 1 aliphatic carbocycles. The number of halogens is 1. The number of hydrogen-bond acceptors (Lipinski definition) is 3. The predicted molar refractivity (Wildman–Crippen MR) is 103 cm³/mol. The largest absolute Gasteiger partial charge is 0.480 e. The number of fused-ring (bicyclic) bond motifs is 2. The maximum atomic E-state index is 13.1. The van der Waals surface area contributed by atoms with Crippen LogP contribution < -0.4 is 4.90 Å². The van der Waals surface area contributed by atoms with Crippen LogP contribution in [-0.2, 0) is 16.0 Å². The highest BCUT2D eigenvalue weighted by Crippen LogP contribution is 2.40. The molecule has 0 aromatic heterocycles. The molecule has 2 heterocycles. The minimum atomic E-state index is -0.780. The molecule has 1 amide bonds. The van der Waals surface area contributed by atoms with Crippen LogP contribution in [0.2, 0.25) is 0 Å². The summed E-state index contributed by atoms with van der Waals surface area (Å²) >= 11 is 0. The van der Waals surface area contributed by atoms with E-state index in [0.717, 1.165) is 31.4 Å². The van der Waals surface area contributed by atoms with Crippen molar-refractivity contribution < 1.29 is 14.7 Å². The van der Waals surface area contributed by atoms with E-state index in [0.29, 0.717) is 12.3 Å². The molecule has 0 radical (unpaired) electrons. The van der Waals surface area contributed by atoms with Gasteiger partial charge >= 0.3 is 5.97 Å². The summed E-state index contributed by atoms with van der Waals surface area (Å²) in [4.78, 5) is 28.7. The number of hydrogen-bond donors (Lipinski definition) is 1. The standard InChI is InChI=1S/C20H26N2O3.ClH/c1-13-10-14-6-3-5-9-17(14)22(13)19(23)12-21-16-8-4-2-7-15(16)11-18(21)20(24)25;/h3,5-6,9,13,15-16,18H,2,4,7-8,10-12H2,1H3,(H,24,25);1H. The Morgan fingerprint density at radius 1 is 1.19 bits per heavy atom. The summed E-state index contributed by atoms with van der Waals surface area (Å²) < 4.78 is 0. The first-order valence-corrected chi connectivity index (χ1v) is 9.44. The summed E-state index contributed by atoms with van der Waals surface area (Å²) in [6.45, 7) is 2.29. The Morgan fingerprint density at radius 3 is 2.69 bits per heavy atom. The first kappa shape index (κ1) is 19.2. The molecule has 4 unspecified atom stereocenters. The molecule has 142 valence electrons. The first-order chi connectivity index (χ1) is 12.1. The molecule has 2 aliphatic heterocycles. The molecule has 2 fully saturated rings. The molecule has 4 rings (SSSR count). The predicted octanol–water partition coefficient (Wildman–Crippen LogP) is 3.10. The fourth-order valence-electron chi connectivity index (χ4n) is 5.20. The molecule has 4 atom stereocenters. The van der Waals surface area contributed by atoms with Crippen molar-refractivity contribution in [3.8, 4) is 0 Å². The van der Waals surface area contributed by atoms with Crippen LogP contribution in [0.4, 0.5) is 5.69 Å². The Hall–Kier alpha value is -1.59. The summed E-state index contributed by atoms with van der Waals surface area (Å²) in [5, 5.41) is 9.65. The third-order valence-electron chi connectivity index (χ3n) is 6.30. The molecule has 0 spiro atoms. The first-order valence-electron chi connectivity index (χ1n) is 9.44.